The van der Waals surface area contributed by atoms with Gasteiger partial charge in [-0.15, -0.1) is 24.8 Å². The molecule has 0 aliphatic rings. The smallest absolute Gasteiger partial charge is 0.0205 e. The molecule has 4 aromatic rings. The van der Waals surface area contributed by atoms with E-state index in [0.29, 0.717) is 0 Å². The molecule has 0 radical (unpaired) electrons. The molecule has 4 aromatic carbocycles. The number of aryl methyl sites for hydroxylation is 2. The zero-order chi connectivity index (χ0) is 23.3. The fourth-order valence-corrected chi connectivity index (χ4v) is 4.48. The van der Waals surface area contributed by atoms with Gasteiger partial charge in [0.2, 0.25) is 0 Å². The van der Waals surface area contributed by atoms with Crippen LogP contribution < -0.4 is 10.6 Å². The van der Waals surface area contributed by atoms with Crippen LogP contribution in [0.5, 0.6) is 0 Å². The van der Waals surface area contributed by atoms with Crippen LogP contribution in [0.4, 0.5) is 0 Å². The molecule has 0 amide bonds. The topological polar surface area (TPSA) is 24.1 Å². The van der Waals surface area contributed by atoms with E-state index in [1.165, 1.54) is 71.6 Å². The van der Waals surface area contributed by atoms with E-state index in [0.717, 1.165) is 26.2 Å². The first-order valence-corrected chi connectivity index (χ1v) is 12.9. The summed E-state index contributed by atoms with van der Waals surface area (Å²) in [7, 11) is 0. The van der Waals surface area contributed by atoms with Crippen LogP contribution in [0.3, 0.4) is 0 Å². The minimum absolute atomic E-state index is 0. The molecule has 0 aromatic heterocycles. The minimum atomic E-state index is 0. The highest BCUT2D eigenvalue weighted by Gasteiger charge is 2.00. The van der Waals surface area contributed by atoms with Gasteiger partial charge in [-0.25, -0.2) is 0 Å². The fourth-order valence-electron chi connectivity index (χ4n) is 4.48. The first-order chi connectivity index (χ1) is 16.9. The number of rotatable bonds is 14. The lowest BCUT2D eigenvalue weighted by atomic mass is 10.0. The van der Waals surface area contributed by atoms with Crippen molar-refractivity contribution in [3.63, 3.8) is 0 Å². The minimum Gasteiger partial charge on any atom is -0.313 e. The maximum atomic E-state index is 3.61. The highest BCUT2D eigenvalue weighted by atomic mass is 35.5. The molecule has 0 spiro atoms. The molecule has 0 aliphatic heterocycles. The van der Waals surface area contributed by atoms with Gasteiger partial charge < -0.3 is 10.6 Å². The highest BCUT2D eigenvalue weighted by molar-refractivity contribution is 5.85. The van der Waals surface area contributed by atoms with Crippen molar-refractivity contribution in [3.05, 3.63) is 119 Å². The molecule has 0 heterocycles. The van der Waals surface area contributed by atoms with Gasteiger partial charge in [0.25, 0.3) is 0 Å². The monoisotopic (exact) mass is 522 g/mol. The van der Waals surface area contributed by atoms with Gasteiger partial charge in [-0.2, -0.15) is 0 Å². The van der Waals surface area contributed by atoms with Crippen molar-refractivity contribution in [2.45, 2.75) is 51.6 Å². The van der Waals surface area contributed by atoms with Crippen LogP contribution in [0.2, 0.25) is 0 Å². The molecule has 2 N–H and O–H groups in total. The number of halogens is 2. The number of unbranched alkanes of at least 4 members (excludes halogenated alkanes) is 2. The molecule has 0 aliphatic carbocycles. The molecule has 0 unspecified atom stereocenters. The molecule has 2 nitrogen and oxygen atoms in total. The van der Waals surface area contributed by atoms with Crippen LogP contribution in [0.1, 0.15) is 47.9 Å². The summed E-state index contributed by atoms with van der Waals surface area (Å²) in [6, 6.07) is 35.3. The third kappa shape index (κ3) is 10.3. The van der Waals surface area contributed by atoms with Gasteiger partial charge in [-0.1, -0.05) is 84.9 Å². The van der Waals surface area contributed by atoms with E-state index < -0.39 is 0 Å². The van der Waals surface area contributed by atoms with Crippen molar-refractivity contribution in [2.24, 2.45) is 0 Å². The van der Waals surface area contributed by atoms with Gasteiger partial charge in [0.15, 0.2) is 0 Å². The van der Waals surface area contributed by atoms with E-state index in [-0.39, 0.29) is 24.8 Å². The lowest BCUT2D eigenvalue weighted by Gasteiger charge is -2.09. The zero-order valence-corrected chi connectivity index (χ0v) is 22.8. The third-order valence-corrected chi connectivity index (χ3v) is 6.45. The van der Waals surface area contributed by atoms with E-state index in [2.05, 4.69) is 108 Å². The van der Waals surface area contributed by atoms with Gasteiger partial charge in [0.1, 0.15) is 0 Å². The number of benzene rings is 4. The third-order valence-electron chi connectivity index (χ3n) is 6.45. The Balaban J connectivity index is 0.00000228. The number of fused-ring (bicyclic) bond motifs is 1. The Labute approximate surface area is 229 Å². The van der Waals surface area contributed by atoms with E-state index >= 15 is 0 Å². The zero-order valence-electron chi connectivity index (χ0n) is 21.1. The van der Waals surface area contributed by atoms with Crippen LogP contribution in [0.15, 0.2) is 97.1 Å². The first-order valence-electron chi connectivity index (χ1n) is 12.9. The van der Waals surface area contributed by atoms with Crippen LogP contribution in [0, 0.1) is 0 Å². The summed E-state index contributed by atoms with van der Waals surface area (Å²) < 4.78 is 0. The van der Waals surface area contributed by atoms with Crippen LogP contribution in [-0.4, -0.2) is 13.1 Å². The lowest BCUT2D eigenvalue weighted by molar-refractivity contribution is 0.622. The second-order valence-corrected chi connectivity index (χ2v) is 9.25. The Morgan fingerprint density at radius 2 is 0.833 bits per heavy atom. The van der Waals surface area contributed by atoms with Crippen LogP contribution >= 0.6 is 24.8 Å². The maximum Gasteiger partial charge on any atom is 0.0205 e. The number of hydrogen-bond acceptors (Lipinski definition) is 2. The maximum absolute atomic E-state index is 3.61. The Morgan fingerprint density at radius 1 is 0.417 bits per heavy atom. The summed E-state index contributed by atoms with van der Waals surface area (Å²) in [5.41, 5.74) is 5.60. The average molecular weight is 524 g/mol. The highest BCUT2D eigenvalue weighted by Crippen LogP contribution is 2.18. The average Bonchev–Trinajstić information content (AvgIpc) is 2.89. The van der Waals surface area contributed by atoms with Gasteiger partial charge in [0.05, 0.1) is 0 Å². The van der Waals surface area contributed by atoms with Gasteiger partial charge >= 0.3 is 0 Å². The second-order valence-electron chi connectivity index (χ2n) is 9.25. The van der Waals surface area contributed by atoms with Crippen molar-refractivity contribution in [1.82, 2.24) is 10.6 Å². The second kappa shape index (κ2) is 17.2. The van der Waals surface area contributed by atoms with Crippen molar-refractivity contribution < 1.29 is 0 Å². The van der Waals surface area contributed by atoms with Crippen molar-refractivity contribution in [1.29, 1.82) is 0 Å². The largest absolute Gasteiger partial charge is 0.313 e. The van der Waals surface area contributed by atoms with Crippen LogP contribution in [-0.2, 0) is 25.9 Å². The van der Waals surface area contributed by atoms with Gasteiger partial charge in [-0.3, -0.25) is 0 Å². The first kappa shape index (κ1) is 29.9. The molecule has 0 atom stereocenters. The van der Waals surface area contributed by atoms with Crippen molar-refractivity contribution in [2.75, 3.05) is 13.1 Å². The summed E-state index contributed by atoms with van der Waals surface area (Å²) in [4.78, 5) is 0. The quantitative estimate of drug-likeness (QED) is 0.164. The fraction of sp³-hybridized carbons (Fsp3) is 0.312. The summed E-state index contributed by atoms with van der Waals surface area (Å²) in [6.07, 6.45) is 7.24. The number of hydrogen-bond donors (Lipinski definition) is 2. The summed E-state index contributed by atoms with van der Waals surface area (Å²) in [5.74, 6) is 0. The molecule has 4 rings (SSSR count). The standard InChI is InChI=1S/C32H38N2.2ClH/c1-3-11-27(12-4-1)15-7-9-21-33-25-29-17-19-32-24-30(18-20-31(32)23-29)26-34-22-10-8-16-28-13-5-2-6-14-28;;/h1-6,11-14,17-20,23-24,33-34H,7-10,15-16,21-22,25-26H2;2*1H. The van der Waals surface area contributed by atoms with Gasteiger partial charge in [-0.05, 0) is 96.8 Å². The van der Waals surface area contributed by atoms with E-state index in [1.807, 2.05) is 0 Å². The molecular formula is C32H40Cl2N2. The Kier molecular flexibility index (Phi) is 14.2. The molecule has 0 fully saturated rings. The Bertz CT molecular complexity index is 1030. The summed E-state index contributed by atoms with van der Waals surface area (Å²) in [6.45, 7) is 4.02. The molecule has 0 saturated heterocycles. The normalized spacial score (nSPS) is 10.6. The summed E-state index contributed by atoms with van der Waals surface area (Å²) >= 11 is 0. The Morgan fingerprint density at radius 3 is 1.25 bits per heavy atom. The molecule has 192 valence electrons. The van der Waals surface area contributed by atoms with Crippen LogP contribution in [0.25, 0.3) is 10.8 Å². The lowest BCUT2D eigenvalue weighted by Crippen LogP contribution is -2.15. The van der Waals surface area contributed by atoms with E-state index in [1.54, 1.807) is 0 Å². The predicted molar refractivity (Wildman–Crippen MR) is 161 cm³/mol. The molecular weight excluding hydrogens is 483 g/mol. The summed E-state index contributed by atoms with van der Waals surface area (Å²) in [5, 5.41) is 9.88. The predicted octanol–water partition coefficient (Wildman–Crippen LogP) is 7.91. The number of nitrogens with one attached hydrogen (secondary N) is 2. The van der Waals surface area contributed by atoms with Crippen molar-refractivity contribution in [3.8, 4) is 0 Å². The SMILES string of the molecule is Cl.Cl.c1ccc(CCCCNCc2ccc3cc(CNCCCCc4ccccc4)ccc3c2)cc1. The molecule has 4 heteroatoms. The Hall–Kier alpha value is -2.36. The molecule has 0 bridgehead atoms. The van der Waals surface area contributed by atoms with E-state index in [9.17, 15) is 0 Å². The van der Waals surface area contributed by atoms with Gasteiger partial charge in [0, 0.05) is 13.1 Å². The van der Waals surface area contributed by atoms with E-state index in [4.69, 9.17) is 0 Å². The molecule has 36 heavy (non-hydrogen) atoms. The molecule has 0 saturated carbocycles. The van der Waals surface area contributed by atoms with Crippen molar-refractivity contribution >= 4 is 35.6 Å².